The van der Waals surface area contributed by atoms with Crippen LogP contribution < -0.4 is 5.32 Å². The standard InChI is InChI=1S/C16H18Cl2N2O4/c17-11-2-1-3-12(15(11)18)19-13(21)10-14(22)20-6-4-16(5-7-20)23-8-9-24-16/h1-3H,4-10H2,(H,19,21). The molecule has 0 atom stereocenters. The molecule has 2 aliphatic rings. The molecule has 1 N–H and O–H groups in total. The maximum Gasteiger partial charge on any atom is 0.233 e. The molecule has 2 aliphatic heterocycles. The van der Waals surface area contributed by atoms with Gasteiger partial charge in [0.15, 0.2) is 5.79 Å². The fourth-order valence-corrected chi connectivity index (χ4v) is 3.27. The Hall–Kier alpha value is -1.34. The predicted octanol–water partition coefficient (Wildman–Crippen LogP) is 2.69. The van der Waals surface area contributed by atoms with Gasteiger partial charge in [-0.25, -0.2) is 0 Å². The maximum atomic E-state index is 12.3. The molecule has 2 saturated heterocycles. The van der Waals surface area contributed by atoms with Crippen LogP contribution in [0.1, 0.15) is 19.3 Å². The van der Waals surface area contributed by atoms with E-state index in [2.05, 4.69) is 5.32 Å². The Morgan fingerprint density at radius 3 is 2.50 bits per heavy atom. The fourth-order valence-electron chi connectivity index (χ4n) is 2.93. The number of rotatable bonds is 3. The normalized spacial score (nSPS) is 19.5. The molecular formula is C16H18Cl2N2O4. The van der Waals surface area contributed by atoms with Crippen molar-refractivity contribution >= 4 is 40.7 Å². The van der Waals surface area contributed by atoms with Crippen LogP contribution >= 0.6 is 23.2 Å². The third-order valence-corrected chi connectivity index (χ3v) is 5.05. The molecule has 24 heavy (non-hydrogen) atoms. The highest BCUT2D eigenvalue weighted by Gasteiger charge is 2.40. The summed E-state index contributed by atoms with van der Waals surface area (Å²) in [5.41, 5.74) is 0.396. The molecule has 3 rings (SSSR count). The number of likely N-dealkylation sites (tertiary alicyclic amines) is 1. The molecule has 130 valence electrons. The Bertz CT molecular complexity index is 637. The summed E-state index contributed by atoms with van der Waals surface area (Å²) in [4.78, 5) is 26.0. The molecule has 0 bridgehead atoms. The lowest BCUT2D eigenvalue weighted by atomic mass is 10.0. The highest BCUT2D eigenvalue weighted by Crippen LogP contribution is 2.32. The summed E-state index contributed by atoms with van der Waals surface area (Å²) < 4.78 is 11.3. The van der Waals surface area contributed by atoms with Crippen LogP contribution in [0.4, 0.5) is 5.69 Å². The van der Waals surface area contributed by atoms with Crippen LogP contribution in [0.3, 0.4) is 0 Å². The van der Waals surface area contributed by atoms with Crippen LogP contribution in [0.25, 0.3) is 0 Å². The van der Waals surface area contributed by atoms with Gasteiger partial charge in [0.1, 0.15) is 6.42 Å². The Balaban J connectivity index is 1.51. The minimum absolute atomic E-state index is 0.224. The first-order chi connectivity index (χ1) is 11.5. The van der Waals surface area contributed by atoms with E-state index in [1.165, 1.54) is 0 Å². The van der Waals surface area contributed by atoms with Crippen molar-refractivity contribution in [1.29, 1.82) is 0 Å². The van der Waals surface area contributed by atoms with E-state index in [-0.39, 0.29) is 17.4 Å². The molecule has 0 radical (unpaired) electrons. The first-order valence-electron chi connectivity index (χ1n) is 7.79. The Morgan fingerprint density at radius 1 is 1.17 bits per heavy atom. The minimum Gasteiger partial charge on any atom is -0.347 e. The molecule has 1 aromatic carbocycles. The summed E-state index contributed by atoms with van der Waals surface area (Å²) in [6.45, 7) is 2.22. The van der Waals surface area contributed by atoms with Gasteiger partial charge in [0, 0.05) is 25.9 Å². The van der Waals surface area contributed by atoms with Crippen molar-refractivity contribution in [2.75, 3.05) is 31.6 Å². The van der Waals surface area contributed by atoms with Crippen molar-refractivity contribution in [2.45, 2.75) is 25.0 Å². The van der Waals surface area contributed by atoms with Gasteiger partial charge in [-0.1, -0.05) is 29.3 Å². The number of ether oxygens (including phenoxy) is 2. The number of halogens is 2. The van der Waals surface area contributed by atoms with Crippen molar-refractivity contribution in [3.05, 3.63) is 28.2 Å². The summed E-state index contributed by atoms with van der Waals surface area (Å²) in [5.74, 6) is -1.18. The highest BCUT2D eigenvalue weighted by atomic mass is 35.5. The van der Waals surface area contributed by atoms with Crippen molar-refractivity contribution in [2.24, 2.45) is 0 Å². The number of benzene rings is 1. The quantitative estimate of drug-likeness (QED) is 0.828. The largest absolute Gasteiger partial charge is 0.347 e. The Labute approximate surface area is 150 Å². The number of nitrogens with zero attached hydrogens (tertiary/aromatic N) is 1. The second-order valence-corrected chi connectivity index (χ2v) is 6.60. The molecule has 1 aromatic rings. The van der Waals surface area contributed by atoms with Gasteiger partial charge in [-0.3, -0.25) is 9.59 Å². The van der Waals surface area contributed by atoms with E-state index in [9.17, 15) is 9.59 Å². The van der Waals surface area contributed by atoms with Crippen LogP contribution in [-0.4, -0.2) is 48.8 Å². The van der Waals surface area contributed by atoms with Gasteiger partial charge in [-0.15, -0.1) is 0 Å². The van der Waals surface area contributed by atoms with Crippen LogP contribution in [0.5, 0.6) is 0 Å². The zero-order valence-corrected chi connectivity index (χ0v) is 14.5. The molecule has 2 fully saturated rings. The van der Waals surface area contributed by atoms with E-state index in [1.807, 2.05) is 0 Å². The zero-order chi connectivity index (χ0) is 17.2. The van der Waals surface area contributed by atoms with E-state index in [1.54, 1.807) is 23.1 Å². The first-order valence-corrected chi connectivity index (χ1v) is 8.54. The van der Waals surface area contributed by atoms with Gasteiger partial charge in [0.25, 0.3) is 0 Å². The SMILES string of the molecule is O=C(CC(=O)N1CCC2(CC1)OCCO2)Nc1cccc(Cl)c1Cl. The summed E-state index contributed by atoms with van der Waals surface area (Å²) in [6, 6.07) is 4.94. The van der Waals surface area contributed by atoms with E-state index in [0.717, 1.165) is 0 Å². The van der Waals surface area contributed by atoms with Gasteiger partial charge >= 0.3 is 0 Å². The minimum atomic E-state index is -0.534. The highest BCUT2D eigenvalue weighted by molar-refractivity contribution is 6.44. The topological polar surface area (TPSA) is 67.9 Å². The number of piperidine rings is 1. The van der Waals surface area contributed by atoms with Crippen molar-refractivity contribution < 1.29 is 19.1 Å². The first kappa shape index (κ1) is 17.5. The molecule has 2 heterocycles. The third kappa shape index (κ3) is 3.83. The van der Waals surface area contributed by atoms with Gasteiger partial charge in [-0.2, -0.15) is 0 Å². The van der Waals surface area contributed by atoms with Crippen molar-refractivity contribution in [3.63, 3.8) is 0 Å². The number of hydrogen-bond donors (Lipinski definition) is 1. The van der Waals surface area contributed by atoms with E-state index < -0.39 is 11.7 Å². The van der Waals surface area contributed by atoms with Crippen LogP contribution in [0, 0.1) is 0 Å². The molecular weight excluding hydrogens is 355 g/mol. The fraction of sp³-hybridized carbons (Fsp3) is 0.500. The average molecular weight is 373 g/mol. The Kier molecular flexibility index (Phi) is 5.30. The third-order valence-electron chi connectivity index (χ3n) is 4.23. The van der Waals surface area contributed by atoms with Crippen molar-refractivity contribution in [1.82, 2.24) is 4.90 Å². The summed E-state index contributed by atoms with van der Waals surface area (Å²) in [7, 11) is 0. The van der Waals surface area contributed by atoms with E-state index in [0.29, 0.717) is 49.9 Å². The molecule has 8 heteroatoms. The lowest BCUT2D eigenvalue weighted by Gasteiger charge is -2.37. The lowest BCUT2D eigenvalue weighted by Crippen LogP contribution is -2.47. The molecule has 1 spiro atoms. The van der Waals surface area contributed by atoms with Gasteiger partial charge in [-0.05, 0) is 12.1 Å². The van der Waals surface area contributed by atoms with Gasteiger partial charge in [0.2, 0.25) is 11.8 Å². The number of carbonyl (C=O) groups is 2. The second-order valence-electron chi connectivity index (χ2n) is 5.81. The molecule has 0 saturated carbocycles. The lowest BCUT2D eigenvalue weighted by molar-refractivity contribution is -0.187. The predicted molar refractivity (Wildman–Crippen MR) is 90.2 cm³/mol. The van der Waals surface area contributed by atoms with Crippen LogP contribution in [-0.2, 0) is 19.1 Å². The molecule has 0 aliphatic carbocycles. The monoisotopic (exact) mass is 372 g/mol. The van der Waals surface area contributed by atoms with E-state index >= 15 is 0 Å². The zero-order valence-electron chi connectivity index (χ0n) is 13.0. The summed E-state index contributed by atoms with van der Waals surface area (Å²) in [6.07, 6.45) is 1.01. The van der Waals surface area contributed by atoms with Crippen molar-refractivity contribution in [3.8, 4) is 0 Å². The smallest absolute Gasteiger partial charge is 0.233 e. The maximum absolute atomic E-state index is 12.3. The number of anilines is 1. The number of nitrogens with one attached hydrogen (secondary N) is 1. The van der Waals surface area contributed by atoms with Gasteiger partial charge in [0.05, 0.1) is 28.9 Å². The molecule has 2 amide bonds. The molecule has 0 unspecified atom stereocenters. The van der Waals surface area contributed by atoms with E-state index in [4.69, 9.17) is 32.7 Å². The van der Waals surface area contributed by atoms with Gasteiger partial charge < -0.3 is 19.7 Å². The number of amides is 2. The summed E-state index contributed by atoms with van der Waals surface area (Å²) in [5, 5.41) is 3.22. The average Bonchev–Trinajstić information content (AvgIpc) is 3.00. The molecule has 0 aromatic heterocycles. The second kappa shape index (κ2) is 7.27. The Morgan fingerprint density at radius 2 is 1.83 bits per heavy atom. The van der Waals surface area contributed by atoms with Crippen LogP contribution in [0.15, 0.2) is 18.2 Å². The van der Waals surface area contributed by atoms with Crippen LogP contribution in [0.2, 0.25) is 10.0 Å². The number of hydrogen-bond acceptors (Lipinski definition) is 4. The number of carbonyl (C=O) groups excluding carboxylic acids is 2. The molecule has 6 nitrogen and oxygen atoms in total. The summed E-state index contributed by atoms with van der Waals surface area (Å²) >= 11 is 11.9.